The van der Waals surface area contributed by atoms with E-state index < -0.39 is 0 Å². The van der Waals surface area contributed by atoms with Crippen LogP contribution in [0.4, 0.5) is 0 Å². The molecule has 1 aliphatic heterocycles. The molecule has 1 N–H and O–H groups in total. The van der Waals surface area contributed by atoms with Gasteiger partial charge in [0.25, 0.3) is 0 Å². The number of benzene rings is 1. The number of hydrogen-bond donors (Lipinski definition) is 1. The molecule has 1 aromatic carbocycles. The van der Waals surface area contributed by atoms with Crippen molar-refractivity contribution in [2.75, 3.05) is 12.3 Å². The molecule has 24 heavy (non-hydrogen) atoms. The van der Waals surface area contributed by atoms with Crippen molar-refractivity contribution in [1.29, 1.82) is 0 Å². The molecule has 1 heterocycles. The van der Waals surface area contributed by atoms with E-state index in [1.807, 2.05) is 18.7 Å². The molecule has 2 amide bonds. The quantitative estimate of drug-likeness (QED) is 0.886. The minimum absolute atomic E-state index is 0.00321. The van der Waals surface area contributed by atoms with Gasteiger partial charge in [-0.3, -0.25) is 9.59 Å². The standard InChI is InChI=1S/C19H28N2O2S/c1-13(2)20-16(22)10-11-21-17(23)12-24-18(21)14-6-8-15(9-7-14)19(3,4)5/h6-9,13,18H,10-12H2,1-5H3,(H,20,22)/t18-/m0/s1. The third-order valence-electron chi connectivity index (χ3n) is 4.06. The summed E-state index contributed by atoms with van der Waals surface area (Å²) < 4.78 is 0. The van der Waals surface area contributed by atoms with Crippen molar-refractivity contribution in [2.45, 2.75) is 57.9 Å². The number of nitrogens with one attached hydrogen (secondary N) is 1. The Morgan fingerprint density at radius 3 is 2.46 bits per heavy atom. The third-order valence-corrected chi connectivity index (χ3v) is 5.32. The van der Waals surface area contributed by atoms with Gasteiger partial charge in [-0.1, -0.05) is 45.0 Å². The van der Waals surface area contributed by atoms with Crippen LogP contribution >= 0.6 is 11.8 Å². The summed E-state index contributed by atoms with van der Waals surface area (Å²) in [5.74, 6) is 0.594. The van der Waals surface area contributed by atoms with Gasteiger partial charge in [0, 0.05) is 19.0 Å². The lowest BCUT2D eigenvalue weighted by Gasteiger charge is -2.25. The van der Waals surface area contributed by atoms with Gasteiger partial charge >= 0.3 is 0 Å². The first-order valence-electron chi connectivity index (χ1n) is 8.49. The molecule has 1 saturated heterocycles. The van der Waals surface area contributed by atoms with Crippen molar-refractivity contribution in [3.8, 4) is 0 Å². The Bertz CT molecular complexity index is 590. The summed E-state index contributed by atoms with van der Waals surface area (Å²) in [7, 11) is 0. The second kappa shape index (κ2) is 7.60. The van der Waals surface area contributed by atoms with Crippen LogP contribution in [-0.4, -0.2) is 35.1 Å². The van der Waals surface area contributed by atoms with Gasteiger partial charge in [0.1, 0.15) is 5.37 Å². The van der Waals surface area contributed by atoms with E-state index in [1.54, 1.807) is 11.8 Å². The lowest BCUT2D eigenvalue weighted by atomic mass is 9.86. The van der Waals surface area contributed by atoms with Gasteiger partial charge in [0.05, 0.1) is 5.75 Å². The van der Waals surface area contributed by atoms with Crippen molar-refractivity contribution < 1.29 is 9.59 Å². The zero-order chi connectivity index (χ0) is 17.9. The smallest absolute Gasteiger partial charge is 0.233 e. The van der Waals surface area contributed by atoms with E-state index in [-0.39, 0.29) is 28.6 Å². The predicted molar refractivity (Wildman–Crippen MR) is 99.9 cm³/mol. The number of hydrogen-bond acceptors (Lipinski definition) is 3. The van der Waals surface area contributed by atoms with Crippen LogP contribution in [0.15, 0.2) is 24.3 Å². The van der Waals surface area contributed by atoms with E-state index in [2.05, 4.69) is 50.4 Å². The molecule has 0 radical (unpaired) electrons. The maximum absolute atomic E-state index is 12.2. The summed E-state index contributed by atoms with van der Waals surface area (Å²) in [6.45, 7) is 10.9. The Balaban J connectivity index is 2.05. The van der Waals surface area contributed by atoms with Crippen molar-refractivity contribution in [3.05, 3.63) is 35.4 Å². The molecule has 1 aliphatic rings. The van der Waals surface area contributed by atoms with Crippen molar-refractivity contribution in [3.63, 3.8) is 0 Å². The summed E-state index contributed by atoms with van der Waals surface area (Å²) in [6.07, 6.45) is 0.348. The molecule has 4 nitrogen and oxygen atoms in total. The van der Waals surface area contributed by atoms with E-state index in [9.17, 15) is 9.59 Å². The summed E-state index contributed by atoms with van der Waals surface area (Å²) in [4.78, 5) is 25.9. The van der Waals surface area contributed by atoms with Crippen molar-refractivity contribution >= 4 is 23.6 Å². The zero-order valence-electron chi connectivity index (χ0n) is 15.3. The topological polar surface area (TPSA) is 49.4 Å². The van der Waals surface area contributed by atoms with Crippen molar-refractivity contribution in [1.82, 2.24) is 10.2 Å². The van der Waals surface area contributed by atoms with Crippen LogP contribution in [0.25, 0.3) is 0 Å². The van der Waals surface area contributed by atoms with Crippen LogP contribution in [-0.2, 0) is 15.0 Å². The molecule has 1 fully saturated rings. The average molecular weight is 349 g/mol. The highest BCUT2D eigenvalue weighted by atomic mass is 32.2. The predicted octanol–water partition coefficient (Wildman–Crippen LogP) is 3.47. The van der Waals surface area contributed by atoms with Crippen LogP contribution in [0.3, 0.4) is 0 Å². The molecule has 0 aliphatic carbocycles. The monoisotopic (exact) mass is 348 g/mol. The average Bonchev–Trinajstić information content (AvgIpc) is 2.84. The van der Waals surface area contributed by atoms with Gasteiger partial charge in [-0.15, -0.1) is 11.8 Å². The second-order valence-electron chi connectivity index (χ2n) is 7.59. The number of carbonyl (C=O) groups excluding carboxylic acids is 2. The van der Waals surface area contributed by atoms with Crippen LogP contribution in [0.2, 0.25) is 0 Å². The zero-order valence-corrected chi connectivity index (χ0v) is 16.1. The molecule has 0 saturated carbocycles. The fourth-order valence-corrected chi connectivity index (χ4v) is 3.95. The molecule has 5 heteroatoms. The first kappa shape index (κ1) is 18.8. The van der Waals surface area contributed by atoms with Crippen LogP contribution in [0, 0.1) is 0 Å². The van der Waals surface area contributed by atoms with Gasteiger partial charge in [0.2, 0.25) is 11.8 Å². The number of rotatable bonds is 5. The van der Waals surface area contributed by atoms with E-state index in [0.29, 0.717) is 18.7 Å². The normalized spacial score (nSPS) is 18.3. The summed E-state index contributed by atoms with van der Waals surface area (Å²) in [5, 5.41) is 2.89. The molecule has 0 unspecified atom stereocenters. The van der Waals surface area contributed by atoms with Crippen LogP contribution in [0.5, 0.6) is 0 Å². The number of carbonyl (C=O) groups is 2. The van der Waals surface area contributed by atoms with E-state index in [1.165, 1.54) is 5.56 Å². The van der Waals surface area contributed by atoms with Gasteiger partial charge in [-0.2, -0.15) is 0 Å². The van der Waals surface area contributed by atoms with E-state index in [4.69, 9.17) is 0 Å². The number of nitrogens with zero attached hydrogens (tertiary/aromatic N) is 1. The molecule has 1 aromatic rings. The first-order chi connectivity index (χ1) is 11.2. The molecule has 132 valence electrons. The lowest BCUT2D eigenvalue weighted by molar-refractivity contribution is -0.129. The molecule has 1 atom stereocenters. The number of thioether (sulfide) groups is 1. The fraction of sp³-hybridized carbons (Fsp3) is 0.579. The SMILES string of the molecule is CC(C)NC(=O)CCN1C(=O)CS[C@H]1c1ccc(C(C)(C)C)cc1. The Labute approximate surface area is 149 Å². The highest BCUT2D eigenvalue weighted by molar-refractivity contribution is 8.00. The molecule has 0 aromatic heterocycles. The molecular weight excluding hydrogens is 320 g/mol. The van der Waals surface area contributed by atoms with Gasteiger partial charge < -0.3 is 10.2 Å². The van der Waals surface area contributed by atoms with Gasteiger partial charge in [-0.05, 0) is 30.4 Å². The van der Waals surface area contributed by atoms with Crippen molar-refractivity contribution in [2.24, 2.45) is 0 Å². The molecular formula is C19H28N2O2S. The fourth-order valence-electron chi connectivity index (χ4n) is 2.74. The lowest BCUT2D eigenvalue weighted by Crippen LogP contribution is -2.35. The Hall–Kier alpha value is -1.49. The minimum Gasteiger partial charge on any atom is -0.354 e. The number of amides is 2. The molecule has 0 bridgehead atoms. The summed E-state index contributed by atoms with van der Waals surface area (Å²) in [6, 6.07) is 8.63. The van der Waals surface area contributed by atoms with Crippen LogP contribution in [0.1, 0.15) is 57.5 Å². The summed E-state index contributed by atoms with van der Waals surface area (Å²) in [5.41, 5.74) is 2.53. The largest absolute Gasteiger partial charge is 0.354 e. The Kier molecular flexibility index (Phi) is 5.97. The third kappa shape index (κ3) is 4.76. The van der Waals surface area contributed by atoms with Gasteiger partial charge in [0.15, 0.2) is 0 Å². The molecule has 0 spiro atoms. The Morgan fingerprint density at radius 1 is 1.29 bits per heavy atom. The second-order valence-corrected chi connectivity index (χ2v) is 8.66. The summed E-state index contributed by atoms with van der Waals surface area (Å²) >= 11 is 1.64. The van der Waals surface area contributed by atoms with Crippen LogP contribution < -0.4 is 5.32 Å². The molecule has 2 rings (SSSR count). The van der Waals surface area contributed by atoms with E-state index in [0.717, 1.165) is 5.56 Å². The minimum atomic E-state index is -0.00321. The maximum atomic E-state index is 12.2. The highest BCUT2D eigenvalue weighted by Gasteiger charge is 2.33. The van der Waals surface area contributed by atoms with E-state index >= 15 is 0 Å². The van der Waals surface area contributed by atoms with Gasteiger partial charge in [-0.25, -0.2) is 0 Å². The maximum Gasteiger partial charge on any atom is 0.233 e. The highest BCUT2D eigenvalue weighted by Crippen LogP contribution is 2.39. The Morgan fingerprint density at radius 2 is 1.92 bits per heavy atom. The first-order valence-corrected chi connectivity index (χ1v) is 9.54.